The zero-order valence-corrected chi connectivity index (χ0v) is 8.25. The van der Waals surface area contributed by atoms with Gasteiger partial charge in [-0.2, -0.15) is 0 Å². The second kappa shape index (κ2) is 4.83. The van der Waals surface area contributed by atoms with Gasteiger partial charge in [-0.15, -0.1) is 0 Å². The minimum absolute atomic E-state index is 0.358. The molecule has 2 atom stereocenters. The fourth-order valence-corrected chi connectivity index (χ4v) is 1.65. The second-order valence-electron chi connectivity index (χ2n) is 4.23. The topological polar surface area (TPSA) is 35.2 Å². The van der Waals surface area contributed by atoms with E-state index in [1.807, 2.05) is 0 Å². The van der Waals surface area contributed by atoms with E-state index < -0.39 is 0 Å². The zero-order valence-electron chi connectivity index (χ0n) is 8.25. The van der Waals surface area contributed by atoms with Crippen molar-refractivity contribution in [3.8, 4) is 0 Å². The highest BCUT2D eigenvalue weighted by molar-refractivity contribution is 4.72. The molecule has 72 valence electrons. The molecule has 0 bridgehead atoms. The van der Waals surface area contributed by atoms with Crippen molar-refractivity contribution < 1.29 is 4.74 Å². The van der Waals surface area contributed by atoms with Gasteiger partial charge in [0.05, 0.1) is 0 Å². The van der Waals surface area contributed by atoms with Gasteiger partial charge in [0.1, 0.15) is 0 Å². The van der Waals surface area contributed by atoms with Crippen LogP contribution in [0.25, 0.3) is 0 Å². The average Bonchev–Trinajstić information content (AvgIpc) is 2.06. The summed E-state index contributed by atoms with van der Waals surface area (Å²) in [6.45, 7) is 6.26. The maximum absolute atomic E-state index is 5.99. The molecule has 0 spiro atoms. The number of hydrogen-bond donors (Lipinski definition) is 1. The largest absolute Gasteiger partial charge is 0.381 e. The van der Waals surface area contributed by atoms with Crippen LogP contribution in [0.3, 0.4) is 0 Å². The lowest BCUT2D eigenvalue weighted by Gasteiger charge is -2.26. The van der Waals surface area contributed by atoms with Gasteiger partial charge in [-0.3, -0.25) is 0 Å². The molecule has 1 aliphatic heterocycles. The van der Waals surface area contributed by atoms with Crippen molar-refractivity contribution >= 4 is 0 Å². The van der Waals surface area contributed by atoms with Crippen LogP contribution in [0.5, 0.6) is 0 Å². The van der Waals surface area contributed by atoms with Gasteiger partial charge < -0.3 is 10.5 Å². The minimum Gasteiger partial charge on any atom is -0.381 e. The van der Waals surface area contributed by atoms with Gasteiger partial charge >= 0.3 is 0 Å². The summed E-state index contributed by atoms with van der Waals surface area (Å²) < 4.78 is 5.41. The van der Waals surface area contributed by atoms with Crippen LogP contribution in [0.4, 0.5) is 0 Å². The fraction of sp³-hybridized carbons (Fsp3) is 1.00. The Balaban J connectivity index is 2.20. The molecule has 2 N–H and O–H groups in total. The van der Waals surface area contributed by atoms with Crippen molar-refractivity contribution in [1.29, 1.82) is 0 Å². The van der Waals surface area contributed by atoms with Crippen LogP contribution in [0.2, 0.25) is 0 Å². The first-order valence-electron chi connectivity index (χ1n) is 5.03. The van der Waals surface area contributed by atoms with E-state index in [0.29, 0.717) is 12.0 Å². The van der Waals surface area contributed by atoms with E-state index in [9.17, 15) is 0 Å². The van der Waals surface area contributed by atoms with Crippen LogP contribution < -0.4 is 5.73 Å². The summed E-state index contributed by atoms with van der Waals surface area (Å²) in [4.78, 5) is 0. The number of rotatable bonds is 3. The van der Waals surface area contributed by atoms with Crippen LogP contribution in [0.1, 0.15) is 33.1 Å². The summed E-state index contributed by atoms with van der Waals surface area (Å²) in [5, 5.41) is 0. The monoisotopic (exact) mass is 171 g/mol. The molecule has 1 fully saturated rings. The third-order valence-electron chi connectivity index (χ3n) is 2.72. The molecule has 0 aromatic heterocycles. The Morgan fingerprint density at radius 3 is 2.75 bits per heavy atom. The normalized spacial score (nSPS) is 27.5. The van der Waals surface area contributed by atoms with Crippen molar-refractivity contribution in [2.75, 3.05) is 13.2 Å². The molecule has 0 amide bonds. The maximum atomic E-state index is 5.99. The van der Waals surface area contributed by atoms with Crippen molar-refractivity contribution in [1.82, 2.24) is 0 Å². The van der Waals surface area contributed by atoms with E-state index in [4.69, 9.17) is 10.5 Å². The third kappa shape index (κ3) is 3.11. The molecule has 2 unspecified atom stereocenters. The van der Waals surface area contributed by atoms with E-state index in [-0.39, 0.29) is 0 Å². The summed E-state index contributed by atoms with van der Waals surface area (Å²) in [5.74, 6) is 1.32. The molecule has 0 radical (unpaired) electrons. The van der Waals surface area contributed by atoms with E-state index in [1.54, 1.807) is 0 Å². The number of ether oxygens (including phenoxy) is 1. The lowest BCUT2D eigenvalue weighted by molar-refractivity contribution is 0.0473. The van der Waals surface area contributed by atoms with Crippen LogP contribution in [0, 0.1) is 11.8 Å². The first kappa shape index (κ1) is 10.0. The summed E-state index contributed by atoms with van der Waals surface area (Å²) in [7, 11) is 0. The van der Waals surface area contributed by atoms with Gasteiger partial charge in [0, 0.05) is 19.3 Å². The molecule has 12 heavy (non-hydrogen) atoms. The molecular formula is C10H21NO. The molecular weight excluding hydrogens is 150 g/mol. The highest BCUT2D eigenvalue weighted by Gasteiger charge is 2.18. The summed E-state index contributed by atoms with van der Waals surface area (Å²) >= 11 is 0. The van der Waals surface area contributed by atoms with Crippen molar-refractivity contribution in [2.45, 2.75) is 39.2 Å². The molecule has 1 aliphatic rings. The lowest BCUT2D eigenvalue weighted by Crippen LogP contribution is -2.31. The molecule has 1 saturated heterocycles. The van der Waals surface area contributed by atoms with Crippen molar-refractivity contribution in [3.05, 3.63) is 0 Å². The fourth-order valence-electron chi connectivity index (χ4n) is 1.65. The van der Waals surface area contributed by atoms with Gasteiger partial charge in [0.2, 0.25) is 0 Å². The van der Waals surface area contributed by atoms with Gasteiger partial charge in [-0.25, -0.2) is 0 Å². The Hall–Kier alpha value is -0.0800. The quantitative estimate of drug-likeness (QED) is 0.702. The van der Waals surface area contributed by atoms with Crippen LogP contribution in [-0.4, -0.2) is 19.3 Å². The summed E-state index contributed by atoms with van der Waals surface area (Å²) in [6, 6.07) is 0.358. The van der Waals surface area contributed by atoms with Crippen molar-refractivity contribution in [2.24, 2.45) is 17.6 Å². The van der Waals surface area contributed by atoms with E-state index in [0.717, 1.165) is 25.6 Å². The Kier molecular flexibility index (Phi) is 4.02. The van der Waals surface area contributed by atoms with E-state index >= 15 is 0 Å². The zero-order chi connectivity index (χ0) is 8.97. The third-order valence-corrected chi connectivity index (χ3v) is 2.72. The summed E-state index contributed by atoms with van der Waals surface area (Å²) in [6.07, 6.45) is 3.66. The highest BCUT2D eigenvalue weighted by atomic mass is 16.5. The van der Waals surface area contributed by atoms with Gasteiger partial charge in [-0.1, -0.05) is 13.8 Å². The second-order valence-corrected chi connectivity index (χ2v) is 4.23. The van der Waals surface area contributed by atoms with Gasteiger partial charge in [0.25, 0.3) is 0 Å². The van der Waals surface area contributed by atoms with Gasteiger partial charge in [0.15, 0.2) is 0 Å². The Labute approximate surface area is 75.5 Å². The number of hydrogen-bond acceptors (Lipinski definition) is 2. The SMILES string of the molecule is CC(C)C(N)CC1CCCOC1. The smallest absolute Gasteiger partial charge is 0.0494 e. The van der Waals surface area contributed by atoms with Gasteiger partial charge in [-0.05, 0) is 31.1 Å². The first-order chi connectivity index (χ1) is 5.70. The van der Waals surface area contributed by atoms with E-state index in [2.05, 4.69) is 13.8 Å². The molecule has 1 rings (SSSR count). The predicted octanol–water partition coefficient (Wildman–Crippen LogP) is 1.79. The molecule has 2 heteroatoms. The average molecular weight is 171 g/mol. The summed E-state index contributed by atoms with van der Waals surface area (Å²) in [5.41, 5.74) is 5.99. The molecule has 0 aliphatic carbocycles. The van der Waals surface area contributed by atoms with Crippen molar-refractivity contribution in [3.63, 3.8) is 0 Å². The van der Waals surface area contributed by atoms with Crippen LogP contribution >= 0.6 is 0 Å². The minimum atomic E-state index is 0.358. The first-order valence-corrected chi connectivity index (χ1v) is 5.03. The Morgan fingerprint density at radius 1 is 1.50 bits per heavy atom. The molecule has 0 aromatic rings. The molecule has 2 nitrogen and oxygen atoms in total. The Morgan fingerprint density at radius 2 is 2.25 bits per heavy atom. The molecule has 0 saturated carbocycles. The molecule has 1 heterocycles. The lowest BCUT2D eigenvalue weighted by atomic mass is 9.90. The van der Waals surface area contributed by atoms with Crippen LogP contribution in [0.15, 0.2) is 0 Å². The highest BCUT2D eigenvalue weighted by Crippen LogP contribution is 2.20. The number of nitrogens with two attached hydrogens (primary N) is 1. The molecule has 0 aromatic carbocycles. The Bertz CT molecular complexity index is 119. The van der Waals surface area contributed by atoms with E-state index in [1.165, 1.54) is 12.8 Å². The predicted molar refractivity (Wildman–Crippen MR) is 51.0 cm³/mol. The standard InChI is InChI=1S/C10H21NO/c1-8(2)10(11)6-9-4-3-5-12-7-9/h8-10H,3-7,11H2,1-2H3. The van der Waals surface area contributed by atoms with Crippen LogP contribution in [-0.2, 0) is 4.74 Å². The maximum Gasteiger partial charge on any atom is 0.0494 e.